The highest BCUT2D eigenvalue weighted by molar-refractivity contribution is 6.16. The van der Waals surface area contributed by atoms with Crippen LogP contribution in [0.15, 0.2) is 170 Å². The lowest BCUT2D eigenvalue weighted by molar-refractivity contribution is 0.607. The highest BCUT2D eigenvalue weighted by Crippen LogP contribution is 2.45. The summed E-state index contributed by atoms with van der Waals surface area (Å²) in [5.74, 6) is 0. The molecule has 0 aliphatic rings. The average molecular weight is 835 g/mol. The van der Waals surface area contributed by atoms with Crippen LogP contribution in [0.4, 0.5) is 0 Å². The van der Waals surface area contributed by atoms with Gasteiger partial charge in [0.05, 0.1) is 22.4 Å². The molecule has 64 heavy (non-hydrogen) atoms. The van der Waals surface area contributed by atoms with E-state index in [-0.39, 0.29) is 0 Å². The lowest BCUT2D eigenvalue weighted by atomic mass is 9.94. The molecule has 0 radical (unpaired) electrons. The van der Waals surface area contributed by atoms with Gasteiger partial charge in [0, 0.05) is 22.5 Å². The third-order valence-electron chi connectivity index (χ3n) is 13.9. The van der Waals surface area contributed by atoms with Crippen molar-refractivity contribution >= 4 is 54.1 Å². The fraction of sp³-hybridized carbons (Fsp3) is 0.258. The standard InChI is InChI=1S/C62H62N2/c1-3-5-7-9-11-13-23-45-33-37-51(38-34-45)63-57-43-60(62-55-31-21-17-27-49(55)42-50-28-18-22-32-56(50)62)64(52-39-35-46(36-40-52)24-14-12-10-8-6-4-2)58(57)44-59(63)61-53-29-19-15-25-47(53)41-48-26-16-20-30-54(48)61/h15-22,25-44H,3-14,23-24H2,1-2H3. The van der Waals surface area contributed by atoms with Gasteiger partial charge in [0.25, 0.3) is 0 Å². The van der Waals surface area contributed by atoms with Crippen LogP contribution >= 0.6 is 0 Å². The number of aryl methyl sites for hydroxylation is 2. The van der Waals surface area contributed by atoms with Gasteiger partial charge in [-0.15, -0.1) is 0 Å². The van der Waals surface area contributed by atoms with Crippen LogP contribution in [0.2, 0.25) is 0 Å². The second-order valence-electron chi connectivity index (χ2n) is 18.3. The smallest absolute Gasteiger partial charge is 0.0724 e. The van der Waals surface area contributed by atoms with Gasteiger partial charge in [-0.25, -0.2) is 0 Å². The van der Waals surface area contributed by atoms with Gasteiger partial charge in [-0.2, -0.15) is 0 Å². The number of rotatable bonds is 18. The fourth-order valence-electron chi connectivity index (χ4n) is 10.5. The Morgan fingerprint density at radius 1 is 0.312 bits per heavy atom. The molecule has 0 spiro atoms. The van der Waals surface area contributed by atoms with Crippen molar-refractivity contribution in [1.29, 1.82) is 0 Å². The van der Waals surface area contributed by atoms with Crippen LogP contribution < -0.4 is 0 Å². The largest absolute Gasteiger partial charge is 0.308 e. The van der Waals surface area contributed by atoms with E-state index in [1.165, 1.54) is 176 Å². The van der Waals surface area contributed by atoms with Crippen LogP contribution in [0.1, 0.15) is 102 Å². The molecular formula is C62H62N2. The lowest BCUT2D eigenvalue weighted by Crippen LogP contribution is -1.99. The first-order valence-electron chi connectivity index (χ1n) is 24.5. The van der Waals surface area contributed by atoms with Crippen LogP contribution in [0.5, 0.6) is 0 Å². The summed E-state index contributed by atoms with van der Waals surface area (Å²) in [6, 6.07) is 64.6. The summed E-state index contributed by atoms with van der Waals surface area (Å²) < 4.78 is 5.14. The van der Waals surface area contributed by atoms with Crippen molar-refractivity contribution in [2.75, 3.05) is 0 Å². The summed E-state index contributed by atoms with van der Waals surface area (Å²) >= 11 is 0. The number of nitrogens with zero attached hydrogens (tertiary/aromatic N) is 2. The second kappa shape index (κ2) is 19.2. The molecule has 10 rings (SSSR count). The van der Waals surface area contributed by atoms with Crippen LogP contribution in [0.25, 0.3) is 88.0 Å². The predicted octanol–water partition coefficient (Wildman–Crippen LogP) is 18.2. The van der Waals surface area contributed by atoms with Gasteiger partial charge in [-0.1, -0.05) is 199 Å². The molecule has 2 heteroatoms. The van der Waals surface area contributed by atoms with Gasteiger partial charge in [0.2, 0.25) is 0 Å². The summed E-state index contributed by atoms with van der Waals surface area (Å²) in [7, 11) is 0. The molecule has 0 fully saturated rings. The van der Waals surface area contributed by atoms with Gasteiger partial charge in [-0.3, -0.25) is 0 Å². The Bertz CT molecular complexity index is 2850. The van der Waals surface area contributed by atoms with Crippen LogP contribution in [0.3, 0.4) is 0 Å². The Hall–Kier alpha value is -6.38. The third-order valence-corrected chi connectivity index (χ3v) is 13.9. The predicted molar refractivity (Wildman–Crippen MR) is 278 cm³/mol. The molecule has 0 amide bonds. The van der Waals surface area contributed by atoms with Gasteiger partial charge in [0.15, 0.2) is 0 Å². The number of fused-ring (bicyclic) bond motifs is 5. The maximum atomic E-state index is 2.57. The minimum absolute atomic E-state index is 1.12. The molecule has 2 heterocycles. The summed E-state index contributed by atoms with van der Waals surface area (Å²) in [5.41, 5.74) is 12.6. The molecule has 0 atom stereocenters. The van der Waals surface area contributed by atoms with Crippen molar-refractivity contribution in [2.24, 2.45) is 0 Å². The molecule has 0 unspecified atom stereocenters. The minimum atomic E-state index is 1.12. The van der Waals surface area contributed by atoms with Crippen molar-refractivity contribution in [3.8, 4) is 33.9 Å². The number of unbranched alkanes of at least 4 members (excludes halogenated alkanes) is 10. The molecule has 0 N–H and O–H groups in total. The molecule has 320 valence electrons. The van der Waals surface area contributed by atoms with Crippen molar-refractivity contribution in [3.05, 3.63) is 181 Å². The number of hydrogen-bond donors (Lipinski definition) is 0. The Morgan fingerprint density at radius 3 is 0.969 bits per heavy atom. The number of benzene rings is 8. The van der Waals surface area contributed by atoms with Crippen LogP contribution in [-0.4, -0.2) is 9.13 Å². The normalized spacial score (nSPS) is 11.8. The molecule has 0 saturated carbocycles. The highest BCUT2D eigenvalue weighted by Gasteiger charge is 2.25. The number of aromatic nitrogens is 2. The maximum absolute atomic E-state index is 2.57. The molecule has 8 aromatic carbocycles. The zero-order valence-electron chi connectivity index (χ0n) is 38.0. The van der Waals surface area contributed by atoms with Gasteiger partial charge < -0.3 is 9.13 Å². The van der Waals surface area contributed by atoms with E-state index in [1.807, 2.05) is 0 Å². The highest BCUT2D eigenvalue weighted by atomic mass is 15.1. The van der Waals surface area contributed by atoms with Crippen molar-refractivity contribution in [1.82, 2.24) is 9.13 Å². The maximum Gasteiger partial charge on any atom is 0.0724 e. The molecule has 0 aliphatic heterocycles. The van der Waals surface area contributed by atoms with Crippen molar-refractivity contribution in [3.63, 3.8) is 0 Å². The van der Waals surface area contributed by atoms with E-state index in [0.717, 1.165) is 12.8 Å². The van der Waals surface area contributed by atoms with Crippen LogP contribution in [-0.2, 0) is 12.8 Å². The minimum Gasteiger partial charge on any atom is -0.308 e. The summed E-state index contributed by atoms with van der Waals surface area (Å²) in [4.78, 5) is 0. The van der Waals surface area contributed by atoms with Crippen molar-refractivity contribution in [2.45, 2.75) is 104 Å². The summed E-state index contributed by atoms with van der Waals surface area (Å²) in [5, 5.41) is 10.1. The van der Waals surface area contributed by atoms with Crippen LogP contribution in [0, 0.1) is 0 Å². The molecular weight excluding hydrogens is 773 g/mol. The van der Waals surface area contributed by atoms with E-state index in [0.29, 0.717) is 0 Å². The fourth-order valence-corrected chi connectivity index (χ4v) is 10.5. The zero-order chi connectivity index (χ0) is 43.2. The first kappa shape index (κ1) is 41.6. The lowest BCUT2D eigenvalue weighted by Gasteiger charge is -2.17. The van der Waals surface area contributed by atoms with E-state index in [9.17, 15) is 0 Å². The molecule has 10 aromatic rings. The molecule has 0 aliphatic carbocycles. The summed E-state index contributed by atoms with van der Waals surface area (Å²) in [6.45, 7) is 4.59. The van der Waals surface area contributed by atoms with Gasteiger partial charge >= 0.3 is 0 Å². The van der Waals surface area contributed by atoms with Crippen molar-refractivity contribution < 1.29 is 0 Å². The van der Waals surface area contributed by atoms with E-state index in [2.05, 4.69) is 193 Å². The first-order valence-corrected chi connectivity index (χ1v) is 24.5. The second-order valence-corrected chi connectivity index (χ2v) is 18.3. The zero-order valence-corrected chi connectivity index (χ0v) is 38.0. The average Bonchev–Trinajstić information content (AvgIpc) is 3.88. The Morgan fingerprint density at radius 2 is 0.625 bits per heavy atom. The van der Waals surface area contributed by atoms with E-state index >= 15 is 0 Å². The topological polar surface area (TPSA) is 9.86 Å². The molecule has 2 nitrogen and oxygen atoms in total. The Balaban J connectivity index is 1.20. The molecule has 0 saturated heterocycles. The molecule has 2 aromatic heterocycles. The van der Waals surface area contributed by atoms with E-state index < -0.39 is 0 Å². The van der Waals surface area contributed by atoms with E-state index in [1.54, 1.807) is 0 Å². The summed E-state index contributed by atoms with van der Waals surface area (Å²) in [6.07, 6.45) is 18.0. The van der Waals surface area contributed by atoms with Gasteiger partial charge in [0.1, 0.15) is 0 Å². The van der Waals surface area contributed by atoms with Gasteiger partial charge in [-0.05, 0) is 128 Å². The Labute approximate surface area is 380 Å². The third kappa shape index (κ3) is 8.27. The quantitative estimate of drug-likeness (QED) is 0.0602. The first-order chi connectivity index (χ1) is 31.7. The molecule has 0 bridgehead atoms. The monoisotopic (exact) mass is 834 g/mol. The number of hydrogen-bond acceptors (Lipinski definition) is 0. The Kier molecular flexibility index (Phi) is 12.5. The SMILES string of the molecule is CCCCCCCCc1ccc(-n2c(-c3c4ccccc4cc4ccccc34)cc3c2cc(-c2c4ccccc4cc4ccccc24)n3-c2ccc(CCCCCCCC)cc2)cc1. The van der Waals surface area contributed by atoms with E-state index in [4.69, 9.17) is 0 Å².